The lowest BCUT2D eigenvalue weighted by Crippen LogP contribution is -2.32. The van der Waals surface area contributed by atoms with Gasteiger partial charge in [-0.15, -0.1) is 6.58 Å². The number of fused-ring (bicyclic) bond motifs is 1. The summed E-state index contributed by atoms with van der Waals surface area (Å²) in [5.41, 5.74) is 12.0. The highest BCUT2D eigenvalue weighted by molar-refractivity contribution is 7.65. The van der Waals surface area contributed by atoms with E-state index in [1.165, 1.54) is 17.0 Å². The zero-order chi connectivity index (χ0) is 25.3. The summed E-state index contributed by atoms with van der Waals surface area (Å²) in [6.45, 7) is 2.79. The number of guanidine groups is 1. The molecule has 0 radical (unpaired) electrons. The highest BCUT2D eigenvalue weighted by Crippen LogP contribution is 2.61. The Labute approximate surface area is 192 Å². The molecule has 0 saturated carbocycles. The van der Waals surface area contributed by atoms with Gasteiger partial charge in [0.2, 0.25) is 0 Å². The molecule has 0 bridgehead atoms. The molecule has 0 amide bonds. The molecule has 3 rings (SSSR count). The van der Waals surface area contributed by atoms with Crippen molar-refractivity contribution in [3.63, 3.8) is 0 Å². The van der Waals surface area contributed by atoms with Crippen molar-refractivity contribution in [1.29, 1.82) is 0 Å². The Balaban J connectivity index is 1.70. The van der Waals surface area contributed by atoms with Crippen molar-refractivity contribution in [3.8, 4) is 0 Å². The van der Waals surface area contributed by atoms with Crippen LogP contribution in [-0.2, 0) is 36.3 Å². The van der Waals surface area contributed by atoms with Crippen LogP contribution in [-0.4, -0.2) is 45.8 Å². The number of hydrogen-bond acceptors (Lipinski definition) is 16. The summed E-state index contributed by atoms with van der Waals surface area (Å²) in [5.74, 6) is 0.431. The quantitative estimate of drug-likeness (QED) is 0.171. The van der Waals surface area contributed by atoms with E-state index < -0.39 is 54.7 Å². The minimum absolute atomic E-state index is 0.0401. The van der Waals surface area contributed by atoms with Gasteiger partial charge < -0.3 is 50.4 Å². The van der Waals surface area contributed by atoms with Gasteiger partial charge in [-0.2, -0.15) is 0 Å². The third-order valence-electron chi connectivity index (χ3n) is 4.35. The number of nitrogens with two attached hydrogens (primary N) is 2. The highest BCUT2D eigenvalue weighted by Gasteiger charge is 2.40. The fourth-order valence-corrected chi connectivity index (χ4v) is 6.04. The van der Waals surface area contributed by atoms with Crippen molar-refractivity contribution in [2.45, 2.75) is 31.0 Å². The van der Waals surface area contributed by atoms with Gasteiger partial charge in [-0.1, -0.05) is 6.08 Å². The fourth-order valence-electron chi connectivity index (χ4n) is 3.14. The first-order valence-electron chi connectivity index (χ1n) is 9.23. The maximum atomic E-state index is 11.9. The lowest BCUT2D eigenvalue weighted by atomic mass is 10.2. The van der Waals surface area contributed by atoms with Crippen LogP contribution in [0.1, 0.15) is 24.5 Å². The van der Waals surface area contributed by atoms with Gasteiger partial charge in [0.25, 0.3) is 23.5 Å². The second-order valence-corrected chi connectivity index (χ2v) is 11.1. The van der Waals surface area contributed by atoms with E-state index in [0.29, 0.717) is 11.5 Å². The summed E-state index contributed by atoms with van der Waals surface area (Å²) in [5, 5.41) is 2.81. The molecule has 1 saturated heterocycles. The summed E-state index contributed by atoms with van der Waals surface area (Å²) in [4.78, 5) is 50.3. The van der Waals surface area contributed by atoms with Crippen LogP contribution in [0.5, 0.6) is 0 Å². The van der Waals surface area contributed by atoms with E-state index in [1.54, 1.807) is 0 Å². The Morgan fingerprint density at radius 2 is 2.03 bits per heavy atom. The van der Waals surface area contributed by atoms with Gasteiger partial charge in [0.05, 0.1) is 25.6 Å². The van der Waals surface area contributed by atoms with Crippen LogP contribution in [0.25, 0.3) is 0 Å². The molecular weight excluding hydrogens is 525 g/mol. The molecule has 2 aliphatic heterocycles. The van der Waals surface area contributed by atoms with E-state index in [0.717, 1.165) is 0 Å². The maximum Gasteiger partial charge on any atom is 0.280 e. The number of phosphoric acid groups is 3. The molecule has 34 heavy (non-hydrogen) atoms. The minimum Gasteiger partial charge on any atom is -0.756 e. The maximum absolute atomic E-state index is 11.9. The van der Waals surface area contributed by atoms with Crippen molar-refractivity contribution in [1.82, 2.24) is 9.55 Å². The Morgan fingerprint density at radius 3 is 2.68 bits per heavy atom. The van der Waals surface area contributed by atoms with Gasteiger partial charge in [-0.05, 0) is 0 Å². The molecule has 4 unspecified atom stereocenters. The summed E-state index contributed by atoms with van der Waals surface area (Å²) in [7, 11) is -17.6. The molecule has 6 N–H and O–H groups in total. The molecule has 0 aliphatic carbocycles. The normalized spacial score (nSPS) is 29.7. The van der Waals surface area contributed by atoms with Crippen LogP contribution in [0.4, 0.5) is 5.82 Å². The third kappa shape index (κ3) is 7.02. The van der Waals surface area contributed by atoms with Gasteiger partial charge in [-0.3, -0.25) is 18.3 Å². The van der Waals surface area contributed by atoms with Crippen molar-refractivity contribution < 1.29 is 55.9 Å². The van der Waals surface area contributed by atoms with E-state index in [2.05, 4.69) is 35.0 Å². The van der Waals surface area contributed by atoms with Crippen LogP contribution in [0.3, 0.4) is 0 Å². The molecule has 1 aromatic heterocycles. The van der Waals surface area contributed by atoms with E-state index in [-0.39, 0.29) is 19.0 Å². The predicted molar refractivity (Wildman–Crippen MR) is 106 cm³/mol. The molecule has 21 heteroatoms. The van der Waals surface area contributed by atoms with E-state index in [9.17, 15) is 28.4 Å². The molecule has 3 heterocycles. The average molecular weight is 545 g/mol. The largest absolute Gasteiger partial charge is 0.756 e. The fraction of sp³-hybridized carbons (Fsp3) is 0.538. The Morgan fingerprint density at radius 1 is 1.32 bits per heavy atom. The van der Waals surface area contributed by atoms with Gasteiger partial charge in [0, 0.05) is 6.42 Å². The van der Waals surface area contributed by atoms with Crippen LogP contribution in [0.2, 0.25) is 0 Å². The second kappa shape index (κ2) is 10.2. The van der Waals surface area contributed by atoms with Crippen LogP contribution in [0.15, 0.2) is 24.0 Å². The molecule has 0 aromatic carbocycles. The number of anilines is 1. The van der Waals surface area contributed by atoms with Gasteiger partial charge >= 0.3 is 0 Å². The standard InChI is InChI=1S/C13H23N6O12P3/c1-2-3-27-7-4-9(19-6-16-10-11(14)17-13(15)18-12(10)19)29-8(7)5-28-33(23,24)31-34(25,26)30-32(20,21)22/h2,6-9,11H,1,3-5,14H2,(H,23,24)(H,25,26)(H3,15,17,18)(H2,20,21,22)/p-3/t7-,8-,9-,11?/m1/s1. The number of ether oxygens (including phenoxy) is 2. The Hall–Kier alpha value is -1.49. The number of rotatable bonds is 11. The zero-order valence-electron chi connectivity index (χ0n) is 17.1. The summed E-state index contributed by atoms with van der Waals surface area (Å²) in [6, 6.07) is 0. The van der Waals surface area contributed by atoms with Crippen molar-refractivity contribution in [2.75, 3.05) is 18.5 Å². The number of aliphatic imine (C=N–C) groups is 1. The summed E-state index contributed by atoms with van der Waals surface area (Å²) >= 11 is 0. The first kappa shape index (κ1) is 27.1. The van der Waals surface area contributed by atoms with Crippen LogP contribution >= 0.6 is 23.5 Å². The molecule has 7 atom stereocenters. The molecule has 1 aromatic rings. The number of hydrogen-bond donors (Lipinski definition) is 4. The lowest BCUT2D eigenvalue weighted by molar-refractivity contribution is -0.250. The topological polar surface area (TPSA) is 281 Å². The number of imidazole rings is 1. The SMILES string of the molecule is C=CCO[C@@H]1C[C@H](n2cnc3c2NC(N)=NC3N)O[C@@H]1COP(=O)([O-])OP(=O)([O-])OP(=O)([O-])O. The third-order valence-corrected chi connectivity index (χ3v) is 8.04. The smallest absolute Gasteiger partial charge is 0.280 e. The van der Waals surface area contributed by atoms with Crippen LogP contribution in [0, 0.1) is 0 Å². The molecule has 2 aliphatic rings. The van der Waals surface area contributed by atoms with Crippen LogP contribution < -0.4 is 31.5 Å². The molecular formula is C13H20N6O12P3-3. The van der Waals surface area contributed by atoms with E-state index in [4.69, 9.17) is 25.8 Å². The summed E-state index contributed by atoms with van der Waals surface area (Å²) < 4.78 is 58.0. The number of nitrogens with zero attached hydrogens (tertiary/aromatic N) is 3. The molecule has 0 spiro atoms. The molecule has 18 nitrogen and oxygen atoms in total. The van der Waals surface area contributed by atoms with E-state index >= 15 is 0 Å². The highest BCUT2D eigenvalue weighted by atomic mass is 31.3. The second-order valence-electron chi connectivity index (χ2n) is 6.82. The van der Waals surface area contributed by atoms with Crippen molar-refractivity contribution in [2.24, 2.45) is 16.5 Å². The number of aromatic nitrogens is 2. The monoisotopic (exact) mass is 545 g/mol. The first-order chi connectivity index (χ1) is 15.7. The van der Waals surface area contributed by atoms with E-state index in [1.807, 2.05) is 0 Å². The predicted octanol–water partition coefficient (Wildman–Crippen LogP) is -2.11. The van der Waals surface area contributed by atoms with Gasteiger partial charge in [0.1, 0.15) is 30.0 Å². The Kier molecular flexibility index (Phi) is 8.17. The molecule has 192 valence electrons. The summed E-state index contributed by atoms with van der Waals surface area (Å²) in [6.07, 6.45) is -0.436. The van der Waals surface area contributed by atoms with Gasteiger partial charge in [-0.25, -0.2) is 18.6 Å². The van der Waals surface area contributed by atoms with Crippen molar-refractivity contribution in [3.05, 3.63) is 24.7 Å². The molecule has 1 fully saturated rings. The Bertz CT molecular complexity index is 1090. The number of nitrogens with one attached hydrogen (secondary N) is 1. The zero-order valence-corrected chi connectivity index (χ0v) is 19.8. The average Bonchev–Trinajstić information content (AvgIpc) is 3.25. The first-order valence-corrected chi connectivity index (χ1v) is 13.6. The van der Waals surface area contributed by atoms with Gasteiger partial charge in [0.15, 0.2) is 5.96 Å². The van der Waals surface area contributed by atoms with Crippen molar-refractivity contribution >= 4 is 35.2 Å². The lowest BCUT2D eigenvalue weighted by Gasteiger charge is -2.33. The number of phosphoric ester groups is 1. The minimum atomic E-state index is -6.02.